The lowest BCUT2D eigenvalue weighted by atomic mass is 9.95. The van der Waals surface area contributed by atoms with E-state index >= 15 is 0 Å². The van der Waals surface area contributed by atoms with Crippen LogP contribution < -0.4 is 0 Å². The lowest BCUT2D eigenvalue weighted by molar-refractivity contribution is 0.138. The van der Waals surface area contributed by atoms with Gasteiger partial charge in [-0.15, -0.1) is 0 Å². The highest BCUT2D eigenvalue weighted by Gasteiger charge is 2.09. The van der Waals surface area contributed by atoms with E-state index in [1.807, 2.05) is 6.92 Å². The van der Waals surface area contributed by atoms with Gasteiger partial charge >= 0.3 is 0 Å². The highest BCUT2D eigenvalue weighted by Crippen LogP contribution is 2.20. The van der Waals surface area contributed by atoms with E-state index in [0.717, 1.165) is 25.0 Å². The average molecular weight is 226 g/mol. The quantitative estimate of drug-likeness (QED) is 0.724. The summed E-state index contributed by atoms with van der Waals surface area (Å²) in [5, 5.41) is 9.27. The van der Waals surface area contributed by atoms with Crippen molar-refractivity contribution in [3.63, 3.8) is 0 Å². The predicted molar refractivity (Wildman–Crippen MR) is 62.0 cm³/mol. The zero-order valence-corrected chi connectivity index (χ0v) is 9.66. The van der Waals surface area contributed by atoms with Crippen molar-refractivity contribution in [1.29, 1.82) is 0 Å². The third-order valence-electron chi connectivity index (χ3n) is 2.61. The molecule has 90 valence electrons. The first-order chi connectivity index (χ1) is 7.77. The largest absolute Gasteiger partial charge is 0.396 e. The number of halogens is 1. The van der Waals surface area contributed by atoms with Crippen molar-refractivity contribution in [1.82, 2.24) is 0 Å². The normalized spacial score (nSPS) is 12.7. The summed E-state index contributed by atoms with van der Waals surface area (Å²) < 4.78 is 18.0. The summed E-state index contributed by atoms with van der Waals surface area (Å²) >= 11 is 0. The minimum absolute atomic E-state index is 0.0843. The fourth-order valence-electron chi connectivity index (χ4n) is 1.67. The van der Waals surface area contributed by atoms with Gasteiger partial charge in [0.05, 0.1) is 0 Å². The molecule has 1 aromatic rings. The maximum atomic E-state index is 12.7. The zero-order chi connectivity index (χ0) is 11.8. The van der Waals surface area contributed by atoms with Crippen LogP contribution in [0.5, 0.6) is 0 Å². The van der Waals surface area contributed by atoms with Gasteiger partial charge < -0.3 is 9.84 Å². The fourth-order valence-corrected chi connectivity index (χ4v) is 1.67. The van der Waals surface area contributed by atoms with Gasteiger partial charge in [-0.3, -0.25) is 0 Å². The Morgan fingerprint density at radius 2 is 2.00 bits per heavy atom. The Bertz CT molecular complexity index is 284. The summed E-state index contributed by atoms with van der Waals surface area (Å²) in [7, 11) is 0. The summed E-state index contributed by atoms with van der Waals surface area (Å²) in [6, 6.07) is 6.33. The molecule has 1 aromatic carbocycles. The smallest absolute Gasteiger partial charge is 0.123 e. The molecule has 16 heavy (non-hydrogen) atoms. The molecule has 2 nitrogen and oxygen atoms in total. The van der Waals surface area contributed by atoms with Crippen molar-refractivity contribution >= 4 is 0 Å². The van der Waals surface area contributed by atoms with Crippen LogP contribution in [0.4, 0.5) is 4.39 Å². The van der Waals surface area contributed by atoms with Crippen LogP contribution in [0.25, 0.3) is 0 Å². The molecule has 0 spiro atoms. The summed E-state index contributed by atoms with van der Waals surface area (Å²) in [6.45, 7) is 3.50. The van der Waals surface area contributed by atoms with Gasteiger partial charge in [0.25, 0.3) is 0 Å². The molecule has 0 aromatic heterocycles. The van der Waals surface area contributed by atoms with Crippen LogP contribution in [0, 0.1) is 5.82 Å². The molecule has 1 unspecified atom stereocenters. The Morgan fingerprint density at radius 3 is 2.56 bits per heavy atom. The molecule has 0 bridgehead atoms. The van der Waals surface area contributed by atoms with E-state index in [1.165, 1.54) is 12.1 Å². The fraction of sp³-hybridized carbons (Fsp3) is 0.538. The van der Waals surface area contributed by atoms with E-state index in [4.69, 9.17) is 4.74 Å². The zero-order valence-electron chi connectivity index (χ0n) is 9.66. The van der Waals surface area contributed by atoms with E-state index < -0.39 is 0 Å². The van der Waals surface area contributed by atoms with Crippen LogP contribution in [0.15, 0.2) is 24.3 Å². The van der Waals surface area contributed by atoms with Crippen molar-refractivity contribution in [2.24, 2.45) is 0 Å². The molecule has 0 heterocycles. The van der Waals surface area contributed by atoms with Crippen molar-refractivity contribution in [2.45, 2.75) is 25.7 Å². The first-order valence-corrected chi connectivity index (χ1v) is 5.72. The Morgan fingerprint density at radius 1 is 1.31 bits per heavy atom. The topological polar surface area (TPSA) is 29.5 Å². The monoisotopic (exact) mass is 226 g/mol. The van der Waals surface area contributed by atoms with E-state index in [9.17, 15) is 9.50 Å². The van der Waals surface area contributed by atoms with E-state index in [2.05, 4.69) is 0 Å². The highest BCUT2D eigenvalue weighted by atomic mass is 19.1. The molecular weight excluding hydrogens is 207 g/mol. The van der Waals surface area contributed by atoms with Crippen molar-refractivity contribution in [3.05, 3.63) is 35.6 Å². The molecular formula is C13H19FO2. The van der Waals surface area contributed by atoms with E-state index in [1.54, 1.807) is 12.1 Å². The Balaban J connectivity index is 2.44. The van der Waals surface area contributed by atoms with Crippen LogP contribution in [0.3, 0.4) is 0 Å². The molecule has 0 radical (unpaired) electrons. The van der Waals surface area contributed by atoms with Gasteiger partial charge in [-0.25, -0.2) is 4.39 Å². The molecule has 1 N–H and O–H groups in total. The van der Waals surface area contributed by atoms with Crippen LogP contribution in [-0.4, -0.2) is 24.9 Å². The first-order valence-electron chi connectivity index (χ1n) is 5.72. The number of aliphatic hydroxyl groups excluding tert-OH is 1. The van der Waals surface area contributed by atoms with Gasteiger partial charge in [-0.2, -0.15) is 0 Å². The van der Waals surface area contributed by atoms with Crippen LogP contribution in [0.2, 0.25) is 0 Å². The second-order valence-electron chi connectivity index (χ2n) is 3.77. The molecule has 0 saturated carbocycles. The number of aliphatic hydroxyl groups is 1. The van der Waals surface area contributed by atoms with Gasteiger partial charge in [-0.1, -0.05) is 12.1 Å². The standard InChI is InChI=1S/C13H19FO2/c1-2-16-9-3-4-12(10-15)11-5-7-13(14)8-6-11/h5-8,12,15H,2-4,9-10H2,1H3. The van der Waals surface area contributed by atoms with E-state index in [-0.39, 0.29) is 18.3 Å². The maximum absolute atomic E-state index is 12.7. The number of rotatable bonds is 7. The van der Waals surface area contributed by atoms with Crippen LogP contribution in [0.1, 0.15) is 31.2 Å². The molecule has 0 amide bonds. The molecule has 3 heteroatoms. The average Bonchev–Trinajstić information content (AvgIpc) is 2.31. The van der Waals surface area contributed by atoms with Crippen LogP contribution >= 0.6 is 0 Å². The number of hydrogen-bond donors (Lipinski definition) is 1. The van der Waals surface area contributed by atoms with Gasteiger partial charge in [-0.05, 0) is 37.5 Å². The third kappa shape index (κ3) is 4.29. The van der Waals surface area contributed by atoms with Crippen LogP contribution in [-0.2, 0) is 4.74 Å². The second-order valence-corrected chi connectivity index (χ2v) is 3.77. The number of benzene rings is 1. The Hall–Kier alpha value is -0.930. The predicted octanol–water partition coefficient (Wildman–Crippen LogP) is 2.72. The highest BCUT2D eigenvalue weighted by molar-refractivity contribution is 5.20. The summed E-state index contributed by atoms with van der Waals surface area (Å²) in [5.41, 5.74) is 0.986. The molecule has 1 rings (SSSR count). The minimum atomic E-state index is -0.241. The summed E-state index contributed by atoms with van der Waals surface area (Å²) in [4.78, 5) is 0. The summed E-state index contributed by atoms with van der Waals surface area (Å²) in [5.74, 6) is -0.157. The van der Waals surface area contributed by atoms with Crippen molar-refractivity contribution < 1.29 is 14.2 Å². The molecule has 0 aliphatic rings. The second kappa shape index (κ2) is 7.36. The number of hydrogen-bond acceptors (Lipinski definition) is 2. The van der Waals surface area contributed by atoms with Gasteiger partial charge in [0, 0.05) is 25.7 Å². The van der Waals surface area contributed by atoms with Crippen molar-refractivity contribution in [2.75, 3.05) is 19.8 Å². The Labute approximate surface area is 96.1 Å². The summed E-state index contributed by atoms with van der Waals surface area (Å²) in [6.07, 6.45) is 1.78. The molecule has 0 aliphatic heterocycles. The lowest BCUT2D eigenvalue weighted by Gasteiger charge is -2.14. The van der Waals surface area contributed by atoms with Gasteiger partial charge in [0.2, 0.25) is 0 Å². The number of ether oxygens (including phenoxy) is 1. The lowest BCUT2D eigenvalue weighted by Crippen LogP contribution is -2.06. The molecule has 0 saturated heterocycles. The SMILES string of the molecule is CCOCCCC(CO)c1ccc(F)cc1. The third-order valence-corrected chi connectivity index (χ3v) is 2.61. The van der Waals surface area contributed by atoms with Crippen molar-refractivity contribution in [3.8, 4) is 0 Å². The molecule has 1 atom stereocenters. The molecule has 0 fully saturated rings. The molecule has 0 aliphatic carbocycles. The maximum Gasteiger partial charge on any atom is 0.123 e. The first kappa shape index (κ1) is 13.1. The van der Waals surface area contributed by atoms with E-state index in [0.29, 0.717) is 6.61 Å². The van der Waals surface area contributed by atoms with Gasteiger partial charge in [0.1, 0.15) is 5.82 Å². The Kier molecular flexibility index (Phi) is 6.04. The minimum Gasteiger partial charge on any atom is -0.396 e. The van der Waals surface area contributed by atoms with Gasteiger partial charge in [0.15, 0.2) is 0 Å².